The minimum Gasteiger partial charge on any atom is -0.269 e. The summed E-state index contributed by atoms with van der Waals surface area (Å²) in [5.74, 6) is -5.03. The van der Waals surface area contributed by atoms with Gasteiger partial charge in [0.15, 0.2) is 4.84 Å². The van der Waals surface area contributed by atoms with E-state index in [0.717, 1.165) is 0 Å². The van der Waals surface area contributed by atoms with E-state index >= 15 is 0 Å². The van der Waals surface area contributed by atoms with Gasteiger partial charge < -0.3 is 0 Å². The van der Waals surface area contributed by atoms with Gasteiger partial charge in [0, 0.05) is 1.43 Å². The maximum absolute atomic E-state index is 11.7. The van der Waals surface area contributed by atoms with Crippen molar-refractivity contribution < 1.29 is 28.1 Å². The van der Waals surface area contributed by atoms with Crippen molar-refractivity contribution in [3.63, 3.8) is 0 Å². The van der Waals surface area contributed by atoms with Crippen molar-refractivity contribution in [2.75, 3.05) is 0 Å². The Hall–Kier alpha value is 0.220. The Morgan fingerprint density at radius 3 is 1.18 bits per heavy atom. The quantitative estimate of drug-likeness (QED) is 0.304. The Kier molecular flexibility index (Phi) is 17.3. The zero-order valence-electron chi connectivity index (χ0n) is 8.01. The first-order valence-electron chi connectivity index (χ1n) is 3.15. The van der Waals surface area contributed by atoms with Crippen LogP contribution in [0.5, 0.6) is 0 Å². The summed E-state index contributed by atoms with van der Waals surface area (Å²) in [5, 5.41) is 0. The Morgan fingerprint density at radius 2 is 1.18 bits per heavy atom. The Bertz CT molecular complexity index is 205. The average molecular weight is 350 g/mol. The molecule has 0 nitrogen and oxygen atoms in total. The van der Waals surface area contributed by atoms with Crippen molar-refractivity contribution >= 4 is 46.4 Å². The summed E-state index contributed by atoms with van der Waals surface area (Å²) in [6.07, 6.45) is -5.68. The SMILES string of the molecule is C=C.C=C(Cl)Cl.F.FC(F)(F)C(F)(F)C(Cl)Cl.[HH]. The molecule has 0 heterocycles. The summed E-state index contributed by atoms with van der Waals surface area (Å²) in [6.45, 7) is 9.09. The van der Waals surface area contributed by atoms with E-state index in [2.05, 4.69) is 42.9 Å². The molecule has 0 atom stereocenters. The van der Waals surface area contributed by atoms with E-state index in [0.29, 0.717) is 0 Å². The van der Waals surface area contributed by atoms with Gasteiger partial charge in [-0.25, -0.2) is 0 Å². The van der Waals surface area contributed by atoms with Gasteiger partial charge in [-0.2, -0.15) is 22.0 Å². The molecule has 10 heteroatoms. The highest BCUT2D eigenvalue weighted by atomic mass is 35.5. The van der Waals surface area contributed by atoms with Gasteiger partial charge >= 0.3 is 12.1 Å². The molecule has 17 heavy (non-hydrogen) atoms. The number of halogens is 10. The van der Waals surface area contributed by atoms with Gasteiger partial charge in [-0.05, 0) is 0 Å². The molecule has 0 aromatic heterocycles. The lowest BCUT2D eigenvalue weighted by Gasteiger charge is -2.19. The highest BCUT2D eigenvalue weighted by Crippen LogP contribution is 2.41. The first kappa shape index (κ1) is 25.9. The van der Waals surface area contributed by atoms with Gasteiger partial charge in [-0.1, -0.05) is 53.0 Å². The topological polar surface area (TPSA) is 0 Å². The third-order valence-electron chi connectivity index (χ3n) is 0.652. The van der Waals surface area contributed by atoms with Gasteiger partial charge in [0.05, 0.1) is 4.49 Å². The van der Waals surface area contributed by atoms with Crippen LogP contribution in [0.2, 0.25) is 0 Å². The molecule has 0 fully saturated rings. The van der Waals surface area contributed by atoms with E-state index in [1.807, 2.05) is 0 Å². The van der Waals surface area contributed by atoms with Crippen LogP contribution in [-0.4, -0.2) is 16.9 Å². The first-order valence-corrected chi connectivity index (χ1v) is 4.78. The van der Waals surface area contributed by atoms with Crippen LogP contribution < -0.4 is 0 Å². The lowest BCUT2D eigenvalue weighted by Crippen LogP contribution is -2.41. The van der Waals surface area contributed by atoms with Crippen LogP contribution in [0.1, 0.15) is 1.43 Å². The molecule has 0 rings (SSSR count). The molecule has 0 aromatic rings. The third-order valence-corrected chi connectivity index (χ3v) is 1.20. The molecule has 0 aliphatic heterocycles. The normalized spacial score (nSPS) is 10.2. The molecule has 0 bridgehead atoms. The van der Waals surface area contributed by atoms with Gasteiger partial charge in [0.25, 0.3) is 0 Å². The number of alkyl halides is 7. The number of rotatable bonds is 1. The van der Waals surface area contributed by atoms with Crippen molar-refractivity contribution in [2.45, 2.75) is 16.9 Å². The molecule has 0 saturated heterocycles. The maximum Gasteiger partial charge on any atom is 0.456 e. The van der Waals surface area contributed by atoms with Crippen molar-refractivity contribution in [1.82, 2.24) is 0 Å². The van der Waals surface area contributed by atoms with Crippen LogP contribution in [0.25, 0.3) is 0 Å². The van der Waals surface area contributed by atoms with Crippen molar-refractivity contribution in [3.8, 4) is 0 Å². The zero-order chi connectivity index (χ0) is 14.2. The fraction of sp³-hybridized carbons (Fsp3) is 0.429. The van der Waals surface area contributed by atoms with E-state index < -0.39 is 16.9 Å². The summed E-state index contributed by atoms with van der Waals surface area (Å²) in [6, 6.07) is 0. The van der Waals surface area contributed by atoms with Crippen molar-refractivity contribution in [2.24, 2.45) is 0 Å². The van der Waals surface area contributed by atoms with Crippen LogP contribution in [0, 0.1) is 0 Å². The highest BCUT2D eigenvalue weighted by molar-refractivity contribution is 6.55. The first-order chi connectivity index (χ1) is 6.93. The van der Waals surface area contributed by atoms with Crippen LogP contribution in [-0.2, 0) is 0 Å². The van der Waals surface area contributed by atoms with Crippen LogP contribution in [0.3, 0.4) is 0 Å². The van der Waals surface area contributed by atoms with Gasteiger partial charge in [-0.15, -0.1) is 13.2 Å². The van der Waals surface area contributed by atoms with Gasteiger partial charge in [0.2, 0.25) is 0 Å². The van der Waals surface area contributed by atoms with Gasteiger partial charge in [0.1, 0.15) is 0 Å². The summed E-state index contributed by atoms with van der Waals surface area (Å²) >= 11 is 18.4. The van der Waals surface area contributed by atoms with Crippen molar-refractivity contribution in [3.05, 3.63) is 24.2 Å². The minimum atomic E-state index is -5.68. The Labute approximate surface area is 116 Å². The highest BCUT2D eigenvalue weighted by Gasteiger charge is 2.61. The second-order valence-electron chi connectivity index (χ2n) is 1.76. The largest absolute Gasteiger partial charge is 0.456 e. The van der Waals surface area contributed by atoms with Crippen LogP contribution >= 0.6 is 46.4 Å². The minimum absolute atomic E-state index is 0. The molecule has 0 amide bonds. The van der Waals surface area contributed by atoms with E-state index in [9.17, 15) is 22.0 Å². The van der Waals surface area contributed by atoms with E-state index in [1.165, 1.54) is 0 Å². The number of hydrogen-bond acceptors (Lipinski definition) is 0. The van der Waals surface area contributed by atoms with E-state index in [1.54, 1.807) is 0 Å². The lowest BCUT2D eigenvalue weighted by atomic mass is 10.4. The second kappa shape index (κ2) is 11.3. The predicted octanol–water partition coefficient (Wildman–Crippen LogP) is 6.12. The molecule has 0 N–H and O–H groups in total. The lowest BCUT2D eigenvalue weighted by molar-refractivity contribution is -0.275. The monoisotopic (exact) mass is 348 g/mol. The summed E-state index contributed by atoms with van der Waals surface area (Å²) in [5.41, 5.74) is 0. The average Bonchev–Trinajstić information content (AvgIpc) is 2.04. The molecule has 0 aliphatic carbocycles. The fourth-order valence-corrected chi connectivity index (χ4v) is 0.371. The molecule has 0 radical (unpaired) electrons. The molecule has 0 aromatic carbocycles. The molecule has 0 saturated carbocycles. The predicted molar refractivity (Wildman–Crippen MR) is 63.2 cm³/mol. The Morgan fingerprint density at radius 1 is 1.00 bits per heavy atom. The smallest absolute Gasteiger partial charge is 0.269 e. The summed E-state index contributed by atoms with van der Waals surface area (Å²) < 4.78 is 56.9. The zero-order valence-corrected chi connectivity index (χ0v) is 11.0. The van der Waals surface area contributed by atoms with Crippen molar-refractivity contribution in [1.29, 1.82) is 0 Å². The summed E-state index contributed by atoms with van der Waals surface area (Å²) in [4.78, 5) is -2.76. The van der Waals surface area contributed by atoms with Crippen LogP contribution in [0.15, 0.2) is 24.2 Å². The third kappa shape index (κ3) is 14.2. The van der Waals surface area contributed by atoms with E-state index in [-0.39, 0.29) is 10.6 Å². The summed E-state index contributed by atoms with van der Waals surface area (Å²) in [7, 11) is 0. The van der Waals surface area contributed by atoms with Crippen LogP contribution in [0.4, 0.5) is 26.7 Å². The molecule has 0 unspecified atom stereocenters. The molecule has 0 aliphatic rings. The molecular weight excluding hydrogens is 340 g/mol. The van der Waals surface area contributed by atoms with E-state index in [4.69, 9.17) is 23.2 Å². The number of hydrogen-bond donors (Lipinski definition) is 0. The maximum atomic E-state index is 11.7. The standard InChI is InChI=1S/C3HCl2F5.C2H2Cl2.C2H4.FH.H2/c4-1(5)2(6,7)3(8,9)10;1-2(3)4;1-2;;/h1H;1H2;1-2H2;2*1H. The molecular formula is C7H10Cl4F6. The van der Waals surface area contributed by atoms with Gasteiger partial charge in [-0.3, -0.25) is 4.70 Å². The Balaban J connectivity index is -0.0000000607. The molecule has 108 valence electrons. The second-order valence-corrected chi connectivity index (χ2v) is 3.96. The molecule has 0 spiro atoms. The fourth-order valence-electron chi connectivity index (χ4n) is 0.124.